The molecular formula is C54H36N2O. The molecule has 11 rings (SSSR count). The summed E-state index contributed by atoms with van der Waals surface area (Å²) in [7, 11) is 0. The van der Waals surface area contributed by atoms with Crippen LogP contribution in [0.1, 0.15) is 0 Å². The lowest BCUT2D eigenvalue weighted by Crippen LogP contribution is -2.11. The Balaban J connectivity index is 1.10. The summed E-state index contributed by atoms with van der Waals surface area (Å²) in [5.74, 6) is 0. The molecule has 0 fully saturated rings. The van der Waals surface area contributed by atoms with Gasteiger partial charge in [-0.05, 0) is 106 Å². The number of furan rings is 1. The van der Waals surface area contributed by atoms with E-state index in [1.807, 2.05) is 12.1 Å². The maximum absolute atomic E-state index is 6.32. The lowest BCUT2D eigenvalue weighted by atomic mass is 9.98. The summed E-state index contributed by atoms with van der Waals surface area (Å²) in [5.41, 5.74) is 15.4. The van der Waals surface area contributed by atoms with Gasteiger partial charge in [0.1, 0.15) is 11.2 Å². The zero-order valence-corrected chi connectivity index (χ0v) is 31.1. The summed E-state index contributed by atoms with van der Waals surface area (Å²) in [6, 6.07) is 78.2. The van der Waals surface area contributed by atoms with E-state index in [1.54, 1.807) is 0 Å². The van der Waals surface area contributed by atoms with E-state index in [4.69, 9.17) is 4.42 Å². The van der Waals surface area contributed by atoms with E-state index >= 15 is 0 Å². The highest BCUT2D eigenvalue weighted by atomic mass is 16.3. The molecule has 0 atom stereocenters. The van der Waals surface area contributed by atoms with Crippen LogP contribution in [0.4, 0.5) is 17.1 Å². The Morgan fingerprint density at radius 2 is 0.825 bits per heavy atom. The van der Waals surface area contributed by atoms with Crippen molar-refractivity contribution in [3.8, 4) is 39.1 Å². The molecule has 11 aromatic rings. The number of hydrogen-bond acceptors (Lipinski definition) is 2. The fraction of sp³-hybridized carbons (Fsp3) is 0. The maximum atomic E-state index is 6.32. The molecule has 0 bridgehead atoms. The summed E-state index contributed by atoms with van der Waals surface area (Å²) in [5, 5.41) is 4.74. The Kier molecular flexibility index (Phi) is 7.82. The quantitative estimate of drug-likeness (QED) is 0.163. The first kappa shape index (κ1) is 32.8. The molecule has 0 aliphatic rings. The second kappa shape index (κ2) is 13.6. The molecule has 0 N–H and O–H groups in total. The van der Waals surface area contributed by atoms with E-state index in [9.17, 15) is 0 Å². The predicted molar refractivity (Wildman–Crippen MR) is 239 cm³/mol. The van der Waals surface area contributed by atoms with E-state index in [0.29, 0.717) is 0 Å². The van der Waals surface area contributed by atoms with Gasteiger partial charge in [0.05, 0.1) is 11.0 Å². The van der Waals surface area contributed by atoms with Crippen molar-refractivity contribution in [2.75, 3.05) is 4.90 Å². The van der Waals surface area contributed by atoms with Crippen molar-refractivity contribution in [1.29, 1.82) is 0 Å². The summed E-state index contributed by atoms with van der Waals surface area (Å²) < 4.78 is 8.71. The van der Waals surface area contributed by atoms with Gasteiger partial charge >= 0.3 is 0 Å². The first-order valence-electron chi connectivity index (χ1n) is 19.4. The summed E-state index contributed by atoms with van der Waals surface area (Å²) >= 11 is 0. The molecule has 0 amide bonds. The Labute approximate surface area is 330 Å². The van der Waals surface area contributed by atoms with Crippen molar-refractivity contribution >= 4 is 60.8 Å². The summed E-state index contributed by atoms with van der Waals surface area (Å²) in [4.78, 5) is 2.39. The molecule has 2 aromatic heterocycles. The van der Waals surface area contributed by atoms with E-state index < -0.39 is 0 Å². The van der Waals surface area contributed by atoms with Crippen LogP contribution in [-0.4, -0.2) is 4.57 Å². The second-order valence-electron chi connectivity index (χ2n) is 14.5. The highest BCUT2D eigenvalue weighted by Crippen LogP contribution is 2.42. The molecule has 3 nitrogen and oxygen atoms in total. The van der Waals surface area contributed by atoms with Gasteiger partial charge in [-0.3, -0.25) is 0 Å². The third-order valence-corrected chi connectivity index (χ3v) is 11.2. The topological polar surface area (TPSA) is 21.3 Å². The number of benzene rings is 9. The van der Waals surface area contributed by atoms with Gasteiger partial charge in [0.2, 0.25) is 0 Å². The average Bonchev–Trinajstić information content (AvgIpc) is 3.83. The molecule has 57 heavy (non-hydrogen) atoms. The lowest BCUT2D eigenvalue weighted by molar-refractivity contribution is 0.669. The van der Waals surface area contributed by atoms with Gasteiger partial charge in [-0.2, -0.15) is 0 Å². The van der Waals surface area contributed by atoms with Crippen LogP contribution in [0.25, 0.3) is 82.8 Å². The smallest absolute Gasteiger partial charge is 0.136 e. The number of hydrogen-bond donors (Lipinski definition) is 0. The van der Waals surface area contributed by atoms with Crippen molar-refractivity contribution in [2.45, 2.75) is 0 Å². The fourth-order valence-corrected chi connectivity index (χ4v) is 8.58. The van der Waals surface area contributed by atoms with Crippen molar-refractivity contribution in [1.82, 2.24) is 4.57 Å². The van der Waals surface area contributed by atoms with Crippen LogP contribution in [-0.2, 0) is 0 Å². The number of aromatic nitrogens is 1. The molecular weight excluding hydrogens is 693 g/mol. The SMILES string of the molecule is c1ccc(-c2cccc(-c3cccc(N(c4cccc(-c5cccc6oc7ccccc7c56)c4)c4cccc(-n5c6ccccc6c6ccccc65)c4)c3)c2)cc1. The molecule has 0 radical (unpaired) electrons. The first-order chi connectivity index (χ1) is 28.3. The largest absolute Gasteiger partial charge is 0.456 e. The zero-order valence-electron chi connectivity index (χ0n) is 31.1. The Hall–Kier alpha value is -7.62. The second-order valence-corrected chi connectivity index (χ2v) is 14.5. The Bertz CT molecular complexity index is 3210. The number of anilines is 3. The van der Waals surface area contributed by atoms with Gasteiger partial charge in [-0.1, -0.05) is 146 Å². The molecule has 0 saturated carbocycles. The average molecular weight is 729 g/mol. The minimum absolute atomic E-state index is 0.889. The van der Waals surface area contributed by atoms with Gasteiger partial charge in [-0.25, -0.2) is 0 Å². The Morgan fingerprint density at radius 1 is 0.333 bits per heavy atom. The van der Waals surface area contributed by atoms with Crippen LogP contribution in [0, 0.1) is 0 Å². The number of rotatable bonds is 7. The van der Waals surface area contributed by atoms with Crippen LogP contribution in [0.5, 0.6) is 0 Å². The molecule has 0 aliphatic heterocycles. The summed E-state index contributed by atoms with van der Waals surface area (Å²) in [6.45, 7) is 0. The van der Waals surface area contributed by atoms with Crippen LogP contribution in [0.15, 0.2) is 223 Å². The van der Waals surface area contributed by atoms with E-state index in [0.717, 1.165) is 61.4 Å². The van der Waals surface area contributed by atoms with Crippen LogP contribution < -0.4 is 4.90 Å². The molecule has 0 spiro atoms. The molecule has 9 aromatic carbocycles. The van der Waals surface area contributed by atoms with Gasteiger partial charge in [-0.15, -0.1) is 0 Å². The summed E-state index contributed by atoms with van der Waals surface area (Å²) in [6.07, 6.45) is 0. The lowest BCUT2D eigenvalue weighted by Gasteiger charge is -2.27. The van der Waals surface area contributed by atoms with Crippen LogP contribution in [0.2, 0.25) is 0 Å². The third kappa shape index (κ3) is 5.68. The molecule has 3 heteroatoms. The standard InChI is InChI=1S/C54H36N2O/c1-2-15-37(16-3-1)38-17-10-18-39(33-38)40-19-11-21-42(34-40)55(43-22-12-20-41(35-43)46-28-14-32-53-54(46)49-27-6-9-31-52(49)57-53)44-23-13-24-45(36-44)56-50-29-7-4-25-47(50)48-26-5-8-30-51(48)56/h1-36H. The third-order valence-electron chi connectivity index (χ3n) is 11.2. The van der Waals surface area contributed by atoms with E-state index in [1.165, 1.54) is 38.5 Å². The Morgan fingerprint density at radius 3 is 1.56 bits per heavy atom. The van der Waals surface area contributed by atoms with Crippen molar-refractivity contribution < 1.29 is 4.42 Å². The van der Waals surface area contributed by atoms with Gasteiger partial charge < -0.3 is 13.9 Å². The molecule has 268 valence electrons. The molecule has 0 aliphatic carbocycles. The monoisotopic (exact) mass is 728 g/mol. The minimum Gasteiger partial charge on any atom is -0.456 e. The van der Waals surface area contributed by atoms with E-state index in [-0.39, 0.29) is 0 Å². The predicted octanol–water partition coefficient (Wildman–Crippen LogP) is 15.2. The molecule has 2 heterocycles. The van der Waals surface area contributed by atoms with Crippen LogP contribution >= 0.6 is 0 Å². The number of para-hydroxylation sites is 3. The zero-order chi connectivity index (χ0) is 37.7. The highest BCUT2D eigenvalue weighted by molar-refractivity contribution is 6.13. The number of nitrogens with zero attached hydrogens (tertiary/aromatic N) is 2. The fourth-order valence-electron chi connectivity index (χ4n) is 8.58. The highest BCUT2D eigenvalue weighted by Gasteiger charge is 2.19. The van der Waals surface area contributed by atoms with Crippen molar-refractivity contribution in [3.63, 3.8) is 0 Å². The van der Waals surface area contributed by atoms with Gasteiger partial charge in [0.15, 0.2) is 0 Å². The van der Waals surface area contributed by atoms with Crippen LogP contribution in [0.3, 0.4) is 0 Å². The molecule has 0 unspecified atom stereocenters. The maximum Gasteiger partial charge on any atom is 0.136 e. The first-order valence-corrected chi connectivity index (χ1v) is 19.4. The van der Waals surface area contributed by atoms with Crippen molar-refractivity contribution in [3.05, 3.63) is 218 Å². The van der Waals surface area contributed by atoms with E-state index in [2.05, 4.69) is 216 Å². The normalized spacial score (nSPS) is 11.5. The minimum atomic E-state index is 0.889. The number of fused-ring (bicyclic) bond motifs is 6. The molecule has 0 saturated heterocycles. The van der Waals surface area contributed by atoms with Gasteiger partial charge in [0, 0.05) is 44.3 Å². The van der Waals surface area contributed by atoms with Gasteiger partial charge in [0.25, 0.3) is 0 Å². The van der Waals surface area contributed by atoms with Crippen molar-refractivity contribution in [2.24, 2.45) is 0 Å².